The second-order valence-electron chi connectivity index (χ2n) is 3.01. The lowest BCUT2D eigenvalue weighted by Crippen LogP contribution is -2.09. The molecule has 0 unspecified atom stereocenters. The lowest BCUT2D eigenvalue weighted by Gasteiger charge is -2.03. The quantitative estimate of drug-likeness (QED) is 0.666. The monoisotopic (exact) mass is 212 g/mol. The van der Waals surface area contributed by atoms with Crippen molar-refractivity contribution < 1.29 is 9.47 Å². The molecule has 0 saturated heterocycles. The Labute approximate surface area is 88.8 Å². The van der Waals surface area contributed by atoms with Gasteiger partial charge in [0.05, 0.1) is 19.8 Å². The van der Waals surface area contributed by atoms with E-state index in [-0.39, 0.29) is 5.95 Å². The maximum atomic E-state index is 5.49. The van der Waals surface area contributed by atoms with E-state index in [2.05, 4.69) is 15.0 Å². The number of rotatable bonds is 6. The summed E-state index contributed by atoms with van der Waals surface area (Å²) < 4.78 is 10.1. The van der Waals surface area contributed by atoms with Crippen molar-refractivity contribution in [1.82, 2.24) is 15.0 Å². The maximum Gasteiger partial charge on any atom is 0.223 e. The van der Waals surface area contributed by atoms with Gasteiger partial charge in [-0.3, -0.25) is 0 Å². The molecular weight excluding hydrogens is 196 g/mol. The van der Waals surface area contributed by atoms with E-state index in [1.165, 1.54) is 0 Å². The number of anilines is 1. The number of hydrogen-bond acceptors (Lipinski definition) is 6. The molecule has 0 aliphatic carbocycles. The molecule has 0 bridgehead atoms. The minimum absolute atomic E-state index is 0.259. The molecule has 0 radical (unpaired) electrons. The summed E-state index contributed by atoms with van der Waals surface area (Å²) in [6.45, 7) is 3.52. The first kappa shape index (κ1) is 11.8. The van der Waals surface area contributed by atoms with Crippen LogP contribution in [-0.2, 0) is 15.9 Å². The van der Waals surface area contributed by atoms with Crippen LogP contribution in [0.15, 0.2) is 0 Å². The third-order valence-electron chi connectivity index (χ3n) is 1.71. The SMILES string of the molecule is COCCOCCc1nc(C)nc(N)n1. The molecule has 6 heteroatoms. The summed E-state index contributed by atoms with van der Waals surface area (Å²) in [6, 6.07) is 0. The normalized spacial score (nSPS) is 10.5. The Morgan fingerprint density at radius 2 is 1.93 bits per heavy atom. The molecule has 6 nitrogen and oxygen atoms in total. The first-order chi connectivity index (χ1) is 7.22. The largest absolute Gasteiger partial charge is 0.382 e. The molecule has 0 amide bonds. The summed E-state index contributed by atoms with van der Waals surface area (Å²) in [4.78, 5) is 12.0. The average molecular weight is 212 g/mol. The van der Waals surface area contributed by atoms with E-state index in [0.29, 0.717) is 37.9 Å². The number of nitrogen functional groups attached to an aromatic ring is 1. The highest BCUT2D eigenvalue weighted by Crippen LogP contribution is 1.97. The summed E-state index contributed by atoms with van der Waals surface area (Å²) in [5, 5.41) is 0. The molecule has 84 valence electrons. The molecule has 1 aromatic rings. The molecular formula is C9H16N4O2. The predicted molar refractivity (Wildman–Crippen MR) is 55.4 cm³/mol. The Morgan fingerprint density at radius 1 is 1.13 bits per heavy atom. The van der Waals surface area contributed by atoms with Gasteiger partial charge in [0.15, 0.2) is 0 Å². The van der Waals surface area contributed by atoms with Crippen LogP contribution in [0.5, 0.6) is 0 Å². The molecule has 0 saturated carbocycles. The molecule has 0 aromatic carbocycles. The number of aromatic nitrogens is 3. The molecule has 0 spiro atoms. The summed E-state index contributed by atoms with van der Waals surface area (Å²) >= 11 is 0. The molecule has 1 aromatic heterocycles. The molecule has 0 aliphatic rings. The van der Waals surface area contributed by atoms with E-state index in [9.17, 15) is 0 Å². The van der Waals surface area contributed by atoms with E-state index in [0.717, 1.165) is 0 Å². The maximum absolute atomic E-state index is 5.49. The van der Waals surface area contributed by atoms with Crippen LogP contribution in [0.1, 0.15) is 11.6 Å². The van der Waals surface area contributed by atoms with E-state index in [1.807, 2.05) is 0 Å². The minimum atomic E-state index is 0.259. The number of nitrogens with zero attached hydrogens (tertiary/aromatic N) is 3. The fraction of sp³-hybridized carbons (Fsp3) is 0.667. The average Bonchev–Trinajstić information content (AvgIpc) is 2.16. The van der Waals surface area contributed by atoms with E-state index in [4.69, 9.17) is 15.2 Å². The second-order valence-corrected chi connectivity index (χ2v) is 3.01. The minimum Gasteiger partial charge on any atom is -0.382 e. The van der Waals surface area contributed by atoms with Crippen LogP contribution in [-0.4, -0.2) is 41.9 Å². The van der Waals surface area contributed by atoms with Crippen molar-refractivity contribution >= 4 is 5.95 Å². The number of hydrogen-bond donors (Lipinski definition) is 1. The first-order valence-corrected chi connectivity index (χ1v) is 4.76. The van der Waals surface area contributed by atoms with Crippen molar-refractivity contribution in [3.05, 3.63) is 11.6 Å². The Hall–Kier alpha value is -1.27. The Balaban J connectivity index is 2.31. The van der Waals surface area contributed by atoms with E-state index < -0.39 is 0 Å². The standard InChI is InChI=1S/C9H16N4O2/c1-7-11-8(13-9(10)12-7)3-4-15-6-5-14-2/h3-6H2,1-2H3,(H2,10,11,12,13). The zero-order valence-electron chi connectivity index (χ0n) is 9.06. The van der Waals surface area contributed by atoms with Crippen molar-refractivity contribution in [2.45, 2.75) is 13.3 Å². The Morgan fingerprint density at radius 3 is 2.60 bits per heavy atom. The fourth-order valence-corrected chi connectivity index (χ4v) is 1.08. The second kappa shape index (κ2) is 6.26. The van der Waals surface area contributed by atoms with Gasteiger partial charge in [0.1, 0.15) is 11.6 Å². The van der Waals surface area contributed by atoms with E-state index in [1.54, 1.807) is 14.0 Å². The lowest BCUT2D eigenvalue weighted by atomic mass is 10.4. The van der Waals surface area contributed by atoms with Gasteiger partial charge in [-0.1, -0.05) is 0 Å². The van der Waals surface area contributed by atoms with Crippen LogP contribution in [0, 0.1) is 6.92 Å². The zero-order valence-corrected chi connectivity index (χ0v) is 9.06. The van der Waals surface area contributed by atoms with Crippen molar-refractivity contribution in [2.75, 3.05) is 32.7 Å². The van der Waals surface area contributed by atoms with Gasteiger partial charge in [0.2, 0.25) is 5.95 Å². The van der Waals surface area contributed by atoms with Crippen molar-refractivity contribution in [2.24, 2.45) is 0 Å². The molecule has 0 fully saturated rings. The van der Waals surface area contributed by atoms with Crippen LogP contribution in [0.25, 0.3) is 0 Å². The highest BCUT2D eigenvalue weighted by molar-refractivity contribution is 5.15. The first-order valence-electron chi connectivity index (χ1n) is 4.76. The van der Waals surface area contributed by atoms with Gasteiger partial charge in [-0.25, -0.2) is 4.98 Å². The number of ether oxygens (including phenoxy) is 2. The zero-order chi connectivity index (χ0) is 11.1. The summed E-state index contributed by atoms with van der Waals surface area (Å²) in [5.74, 6) is 1.56. The Bertz CT molecular complexity index is 286. The number of aryl methyl sites for hydroxylation is 1. The number of nitrogens with two attached hydrogens (primary N) is 1. The fourth-order valence-electron chi connectivity index (χ4n) is 1.08. The van der Waals surface area contributed by atoms with Crippen molar-refractivity contribution in [3.63, 3.8) is 0 Å². The van der Waals surface area contributed by atoms with Gasteiger partial charge in [-0.05, 0) is 6.92 Å². The predicted octanol–water partition coefficient (Wildman–Crippen LogP) is -0.0323. The molecule has 1 rings (SSSR count). The molecule has 0 aliphatic heterocycles. The van der Waals surface area contributed by atoms with Gasteiger partial charge in [0.25, 0.3) is 0 Å². The molecule has 1 heterocycles. The van der Waals surface area contributed by atoms with Crippen LogP contribution in [0.3, 0.4) is 0 Å². The molecule has 2 N–H and O–H groups in total. The van der Waals surface area contributed by atoms with Gasteiger partial charge >= 0.3 is 0 Å². The van der Waals surface area contributed by atoms with Crippen molar-refractivity contribution in [1.29, 1.82) is 0 Å². The topological polar surface area (TPSA) is 83.2 Å². The van der Waals surface area contributed by atoms with Crippen LogP contribution < -0.4 is 5.73 Å². The summed E-state index contributed by atoms with van der Waals surface area (Å²) in [7, 11) is 1.64. The summed E-state index contributed by atoms with van der Waals surface area (Å²) in [5.41, 5.74) is 5.49. The third-order valence-corrected chi connectivity index (χ3v) is 1.71. The van der Waals surface area contributed by atoms with Gasteiger partial charge in [0, 0.05) is 13.5 Å². The van der Waals surface area contributed by atoms with E-state index >= 15 is 0 Å². The third kappa shape index (κ3) is 4.66. The molecule has 0 atom stereocenters. The number of methoxy groups -OCH3 is 1. The van der Waals surface area contributed by atoms with Crippen LogP contribution >= 0.6 is 0 Å². The summed E-state index contributed by atoms with van der Waals surface area (Å²) in [6.07, 6.45) is 0.636. The Kier molecular flexibility index (Phi) is 4.92. The van der Waals surface area contributed by atoms with Crippen LogP contribution in [0.4, 0.5) is 5.95 Å². The van der Waals surface area contributed by atoms with Gasteiger partial charge in [-0.2, -0.15) is 9.97 Å². The molecule has 15 heavy (non-hydrogen) atoms. The van der Waals surface area contributed by atoms with Crippen molar-refractivity contribution in [3.8, 4) is 0 Å². The lowest BCUT2D eigenvalue weighted by molar-refractivity contribution is 0.0716. The van der Waals surface area contributed by atoms with Gasteiger partial charge in [-0.15, -0.1) is 0 Å². The van der Waals surface area contributed by atoms with Crippen LogP contribution in [0.2, 0.25) is 0 Å². The smallest absolute Gasteiger partial charge is 0.223 e. The highest BCUT2D eigenvalue weighted by atomic mass is 16.5. The van der Waals surface area contributed by atoms with Gasteiger partial charge < -0.3 is 15.2 Å². The highest BCUT2D eigenvalue weighted by Gasteiger charge is 2.00.